The van der Waals surface area contributed by atoms with Gasteiger partial charge in [-0.3, -0.25) is 76.7 Å². The van der Waals surface area contributed by atoms with Crippen LogP contribution in [-0.2, 0) is 92.7 Å². The Morgan fingerprint density at radius 3 is 1.65 bits per heavy atom. The molecule has 36 nitrogen and oxygen atoms in total. The lowest BCUT2D eigenvalue weighted by Gasteiger charge is -2.41. The van der Waals surface area contributed by atoms with Gasteiger partial charge >= 0.3 is 5.97 Å². The van der Waals surface area contributed by atoms with Crippen molar-refractivity contribution in [1.29, 1.82) is 0 Å². The highest BCUT2D eigenvalue weighted by molar-refractivity contribution is 8.77. The fourth-order valence-corrected chi connectivity index (χ4v) is 19.9. The Bertz CT molecular complexity index is 4420. The summed E-state index contributed by atoms with van der Waals surface area (Å²) in [5, 5.41) is 30.7. The number of hydrogen-bond donors (Lipinski definition) is 8. The molecule has 140 heavy (non-hydrogen) atoms. The number of nitrogens with zero attached hydrogens (tertiary/aromatic N) is 10. The van der Waals surface area contributed by atoms with Crippen LogP contribution in [0.5, 0.6) is 0 Å². The number of Topliss-reactive ketones (excluding diaryl/α,β-unsaturated/α-hetero) is 1. The first-order chi connectivity index (χ1) is 65.7. The van der Waals surface area contributed by atoms with Gasteiger partial charge in [-0.2, -0.15) is 0 Å². The van der Waals surface area contributed by atoms with Crippen molar-refractivity contribution >= 4 is 144 Å². The molecule has 0 radical (unpaired) electrons. The van der Waals surface area contributed by atoms with E-state index in [1.165, 1.54) is 107 Å². The number of carbonyl (C=O) groups excluding carboxylic acids is 17. The molecule has 9 N–H and O–H groups in total. The summed E-state index contributed by atoms with van der Waals surface area (Å²) in [6.45, 7) is 34.1. The van der Waals surface area contributed by atoms with Crippen LogP contribution in [0.2, 0.25) is 0 Å². The number of rotatable bonds is 63. The summed E-state index contributed by atoms with van der Waals surface area (Å²) in [5.41, 5.74) is 5.14. The quantitative estimate of drug-likeness (QED) is 0.0101. The van der Waals surface area contributed by atoms with Crippen molar-refractivity contribution in [2.24, 2.45) is 58.5 Å². The van der Waals surface area contributed by atoms with Crippen LogP contribution in [0, 0.1) is 52.8 Å². The Hall–Kier alpha value is -9.41. The first-order valence-electron chi connectivity index (χ1n) is 49.4. The van der Waals surface area contributed by atoms with Crippen molar-refractivity contribution in [2.45, 2.75) is 317 Å². The van der Waals surface area contributed by atoms with Gasteiger partial charge < -0.3 is 86.7 Å². The van der Waals surface area contributed by atoms with Crippen LogP contribution in [0.25, 0.3) is 0 Å². The average molecular weight is 2040 g/mol. The fraction of sp³-hybridized carbons (Fsp3) is 0.710. The number of likely N-dealkylation sites (tertiary alicyclic amines) is 1. The number of nitrogens with one attached hydrogen (secondary N) is 6. The number of nitrogens with two attached hydrogens (primary N) is 1. The first-order valence-corrected chi connectivity index (χ1v) is 54.0. The number of hydrogen-bond acceptors (Lipinski definition) is 25. The van der Waals surface area contributed by atoms with Crippen molar-refractivity contribution in [3.63, 3.8) is 0 Å². The maximum absolute atomic E-state index is 15.6. The van der Waals surface area contributed by atoms with Crippen molar-refractivity contribution in [3.05, 3.63) is 60.4 Å². The van der Waals surface area contributed by atoms with Gasteiger partial charge in [0.2, 0.25) is 88.5 Å². The predicted molar refractivity (Wildman–Crippen MR) is 548 cm³/mol. The van der Waals surface area contributed by atoms with E-state index in [2.05, 4.69) is 36.9 Å². The molecule has 0 bridgehead atoms. The van der Waals surface area contributed by atoms with E-state index in [1.54, 1.807) is 101 Å². The number of aliphatic hydroxyl groups excluding tert-OH is 1. The molecule has 0 aromatic carbocycles. The summed E-state index contributed by atoms with van der Waals surface area (Å²) >= 11 is 0. The van der Waals surface area contributed by atoms with Gasteiger partial charge in [0.1, 0.15) is 70.5 Å². The third-order valence-corrected chi connectivity index (χ3v) is 29.9. The maximum atomic E-state index is 15.6. The molecule has 0 aliphatic carbocycles. The Kier molecular flexibility index (Phi) is 56.0. The summed E-state index contributed by atoms with van der Waals surface area (Å²) in [6, 6.07) is -0.954. The topological polar surface area (TPSA) is 470 Å². The summed E-state index contributed by atoms with van der Waals surface area (Å²) in [7, 11) is 15.9. The Labute approximate surface area is 847 Å². The molecule has 3 rings (SSSR count). The van der Waals surface area contributed by atoms with Gasteiger partial charge in [-0.25, -0.2) is 14.8 Å². The van der Waals surface area contributed by atoms with Crippen LogP contribution >= 0.6 is 43.2 Å². The van der Waals surface area contributed by atoms with E-state index >= 15 is 19.2 Å². The van der Waals surface area contributed by atoms with Gasteiger partial charge in [0, 0.05) is 136 Å². The van der Waals surface area contributed by atoms with E-state index < -0.39 is 167 Å². The Morgan fingerprint density at radius 1 is 0.543 bits per heavy atom. The second-order valence-corrected chi connectivity index (χ2v) is 44.4. The Balaban J connectivity index is 1.74. The highest BCUT2D eigenvalue weighted by Crippen LogP contribution is 2.35. The monoisotopic (exact) mass is 2040 g/mol. The highest BCUT2D eigenvalue weighted by atomic mass is 33.1. The van der Waals surface area contributed by atoms with Gasteiger partial charge in [-0.15, -0.1) is 0 Å². The number of aliphatic hydroxyl groups is 1. The molecule has 1 aliphatic rings. The number of likely N-dealkylation sites (N-methyl/N-ethyl adjacent to an activating group) is 7. The molecule has 40 heteroatoms. The number of primary amides is 1. The lowest BCUT2D eigenvalue weighted by atomic mass is 9.77. The standard InChI is InChI=1S/C100H165N17O19S4/c1-27-72(94(130)110(20)60-83(121)111(21)74(88(101)124)55-61(3)4)109-91(127)85(116(26)97(133)84(66(13)14)115(25)96(132)77(58-64(9)10)114(24)95(131)76(57-63(7)8)113(23)93(129)70(18)107-89(125)69(17)106-90(126)75(56-62(5)6)112(22)92(128)68(16)65(11)12)86(122)67(15)39-30-29-31-42-78(118)103-49-50-104-80(120)46-54-138-140-82-45-36-40-71(108-82)59-100(19,28-2)87(123)98(134)117-51-35-33-41-73(117)99(135)136-52-37-43-79(119)102-48-38-53-137-139-81-44-32-34-47-105-81/h29-30,32,34,36,40,44-45,47,61-70,72-77,84-86,122H,27-28,31,33,35,37-39,41-43,46,48-60H2,1-26H3,(H2,101,124)(H,102,119)(H,103,118)(H,104,120)(H,106,126)(H,107,125)(H,109,127)/b30-29+/t67-,68+,69+,70-,72+,73+,74+,75+,76+,77+,84+,85+,86-,100?/m1/s1. The molecule has 15 amide bonds. The number of pyridine rings is 2. The number of esters is 1. The second-order valence-electron chi connectivity index (χ2n) is 39.5. The van der Waals surface area contributed by atoms with Crippen LogP contribution in [0.3, 0.4) is 0 Å². The maximum Gasteiger partial charge on any atom is 0.328 e. The summed E-state index contributed by atoms with van der Waals surface area (Å²) in [5.74, 6) is -11.0. The number of carbonyl (C=O) groups is 17. The van der Waals surface area contributed by atoms with Crippen molar-refractivity contribution < 1.29 is 91.4 Å². The van der Waals surface area contributed by atoms with Crippen LogP contribution < -0.4 is 37.6 Å². The van der Waals surface area contributed by atoms with Crippen LogP contribution in [0.15, 0.2) is 64.8 Å². The zero-order valence-corrected chi connectivity index (χ0v) is 91.1. The number of aromatic nitrogens is 2. The van der Waals surface area contributed by atoms with Gasteiger partial charge in [0.05, 0.1) is 19.3 Å². The lowest BCUT2D eigenvalue weighted by molar-refractivity contribution is -0.161. The van der Waals surface area contributed by atoms with E-state index in [0.717, 1.165) is 27.0 Å². The molecule has 788 valence electrons. The average Bonchev–Trinajstić information content (AvgIpc) is 0.805. The van der Waals surface area contributed by atoms with Crippen molar-refractivity contribution in [2.75, 3.05) is 100 Å². The van der Waals surface area contributed by atoms with Gasteiger partial charge in [0.25, 0.3) is 5.91 Å². The SMILES string of the molecule is CC[C@H](NC(=O)[C@H]([C@H](O)[C@H](C)C/C=C/CCC(=O)NCCNC(=O)CCSSc1cccc(CC(C)(CC)C(=O)C(=O)N2CCCC[C@H]2C(=O)OCCCC(=O)NCCCSSc2ccccn2)n1)N(C)C(=O)[C@H](C(C)C)N(C)C(=O)[C@H](CC(C)C)N(C)C(=O)[C@H](CC(C)C)N(C)C(=O)[C@@H](C)NC(=O)[C@H](C)NC(=O)[C@H](CC(C)C)N(C)C(=O)[C@@H](C)C(C)C)C(=O)N(C)CC(=O)N(C)[C@@H](CC(C)C)C(N)=O. The normalized spacial score (nSPS) is 15.8. The molecule has 1 aliphatic heterocycles. The summed E-state index contributed by atoms with van der Waals surface area (Å²) in [4.78, 5) is 257. The molecular formula is C100H165N17O19S4. The van der Waals surface area contributed by atoms with E-state index in [9.17, 15) is 67.4 Å². The molecule has 1 saturated heterocycles. The predicted octanol–water partition coefficient (Wildman–Crippen LogP) is 8.68. The number of ketones is 1. The molecule has 3 heterocycles. The van der Waals surface area contributed by atoms with Crippen molar-refractivity contribution in [1.82, 2.24) is 81.1 Å². The van der Waals surface area contributed by atoms with Crippen molar-refractivity contribution in [3.8, 4) is 0 Å². The highest BCUT2D eigenvalue weighted by Gasteiger charge is 2.48. The van der Waals surface area contributed by atoms with E-state index in [-0.39, 0.29) is 150 Å². The number of amides is 15. The molecule has 2 aromatic heterocycles. The number of piperidine rings is 1. The van der Waals surface area contributed by atoms with Gasteiger partial charge in [0.15, 0.2) is 0 Å². The molecule has 1 fully saturated rings. The Morgan fingerprint density at radius 2 is 1.08 bits per heavy atom. The molecule has 2 aromatic rings. The largest absolute Gasteiger partial charge is 0.464 e. The molecule has 0 saturated carbocycles. The third-order valence-electron chi connectivity index (χ3n) is 25.3. The van der Waals surface area contributed by atoms with Crippen LogP contribution in [0.4, 0.5) is 0 Å². The molecule has 1 unspecified atom stereocenters. The van der Waals surface area contributed by atoms with Crippen LogP contribution in [0.1, 0.15) is 240 Å². The van der Waals surface area contributed by atoms with Gasteiger partial charge in [-0.05, 0) is 185 Å². The summed E-state index contributed by atoms with van der Waals surface area (Å²) in [6.07, 6.45) is 8.11. The zero-order valence-electron chi connectivity index (χ0n) is 87.8. The molecule has 0 spiro atoms. The summed E-state index contributed by atoms with van der Waals surface area (Å²) < 4.78 is 5.58. The third kappa shape index (κ3) is 41.1. The minimum atomic E-state index is -1.76. The minimum absolute atomic E-state index is 0.00878. The van der Waals surface area contributed by atoms with Gasteiger partial charge in [-0.1, -0.05) is 164 Å². The van der Waals surface area contributed by atoms with E-state index in [4.69, 9.17) is 15.5 Å². The smallest absolute Gasteiger partial charge is 0.328 e. The first kappa shape index (κ1) is 125. The van der Waals surface area contributed by atoms with Crippen LogP contribution in [-0.4, -0.2) is 321 Å². The minimum Gasteiger partial charge on any atom is -0.464 e. The second kappa shape index (κ2) is 62.9. The number of ether oxygens (including phenoxy) is 1. The molecule has 14 atom stereocenters. The molecular weight excluding hydrogens is 1870 g/mol. The van der Waals surface area contributed by atoms with E-state index in [0.29, 0.717) is 61.5 Å². The number of allylic oxidation sites excluding steroid dienone is 2. The lowest BCUT2D eigenvalue weighted by Crippen LogP contribution is -2.63. The van der Waals surface area contributed by atoms with E-state index in [1.807, 2.05) is 100 Å². The fourth-order valence-electron chi connectivity index (χ4n) is 16.1. The zero-order chi connectivity index (χ0) is 106.